The van der Waals surface area contributed by atoms with Gasteiger partial charge >= 0.3 is 6.09 Å². The third kappa shape index (κ3) is 5.29. The maximum Gasteiger partial charge on any atom is 0.410 e. The van der Waals surface area contributed by atoms with E-state index < -0.39 is 6.09 Å². The van der Waals surface area contributed by atoms with Crippen LogP contribution < -0.4 is 0 Å². The lowest BCUT2D eigenvalue weighted by Crippen LogP contribution is -2.34. The summed E-state index contributed by atoms with van der Waals surface area (Å²) in [6.45, 7) is 2.08. The number of rotatable bonds is 7. The highest BCUT2D eigenvalue weighted by Gasteiger charge is 2.12. The van der Waals surface area contributed by atoms with Crippen LogP contribution in [0.3, 0.4) is 0 Å². The fourth-order valence-electron chi connectivity index (χ4n) is 0.799. The van der Waals surface area contributed by atoms with Crippen LogP contribution in [0.1, 0.15) is 19.8 Å². The molecule has 0 saturated carbocycles. The van der Waals surface area contributed by atoms with E-state index in [1.807, 2.05) is 6.92 Å². The lowest BCUT2D eigenvalue weighted by atomic mass is 10.4. The average Bonchev–Trinajstić information content (AvgIpc) is 2.18. The highest BCUT2D eigenvalue weighted by molar-refractivity contribution is 5.74. The van der Waals surface area contributed by atoms with Crippen molar-refractivity contribution in [1.82, 2.24) is 4.90 Å². The quantitative estimate of drug-likeness (QED) is 0.447. The van der Waals surface area contributed by atoms with Crippen molar-refractivity contribution in [3.8, 4) is 0 Å². The Labute approximate surface area is 83.0 Å². The van der Waals surface area contributed by atoms with Crippen molar-refractivity contribution in [1.29, 1.82) is 0 Å². The van der Waals surface area contributed by atoms with Crippen molar-refractivity contribution in [3.63, 3.8) is 0 Å². The molecule has 0 saturated heterocycles. The highest BCUT2D eigenvalue weighted by atomic mass is 16.6. The molecule has 0 aliphatic rings. The van der Waals surface area contributed by atoms with Crippen molar-refractivity contribution >= 4 is 18.7 Å². The molecule has 80 valence electrons. The SMILES string of the molecule is CCCCOC(=O)N(CC=O)CC=O. The van der Waals surface area contributed by atoms with Crippen LogP contribution in [-0.2, 0) is 14.3 Å². The van der Waals surface area contributed by atoms with E-state index in [1.165, 1.54) is 0 Å². The van der Waals surface area contributed by atoms with Gasteiger partial charge in [0.05, 0.1) is 19.7 Å². The fourth-order valence-corrected chi connectivity index (χ4v) is 0.799. The minimum absolute atomic E-state index is 0.107. The summed E-state index contributed by atoms with van der Waals surface area (Å²) in [5.41, 5.74) is 0. The largest absolute Gasteiger partial charge is 0.449 e. The number of hydrogen-bond donors (Lipinski definition) is 0. The number of carbonyl (C=O) groups is 3. The number of amides is 1. The maximum atomic E-state index is 11.2. The Morgan fingerprint density at radius 1 is 1.29 bits per heavy atom. The van der Waals surface area contributed by atoms with Gasteiger partial charge in [-0.2, -0.15) is 0 Å². The number of carbonyl (C=O) groups excluding carboxylic acids is 3. The van der Waals surface area contributed by atoms with Gasteiger partial charge in [-0.1, -0.05) is 13.3 Å². The summed E-state index contributed by atoms with van der Waals surface area (Å²) < 4.78 is 4.82. The van der Waals surface area contributed by atoms with E-state index in [2.05, 4.69) is 0 Å². The van der Waals surface area contributed by atoms with Gasteiger partial charge in [0.2, 0.25) is 0 Å². The van der Waals surface area contributed by atoms with Gasteiger partial charge in [-0.15, -0.1) is 0 Å². The summed E-state index contributed by atoms with van der Waals surface area (Å²) in [5, 5.41) is 0. The standard InChI is InChI=1S/C9H15NO4/c1-2-3-8-14-9(13)10(4-6-11)5-7-12/h6-7H,2-5,8H2,1H3. The molecule has 5 heteroatoms. The zero-order chi connectivity index (χ0) is 10.8. The predicted molar refractivity (Wildman–Crippen MR) is 50.0 cm³/mol. The van der Waals surface area contributed by atoms with Gasteiger partial charge in [0.1, 0.15) is 12.6 Å². The molecule has 0 heterocycles. The van der Waals surface area contributed by atoms with Gasteiger partial charge in [0.15, 0.2) is 0 Å². The van der Waals surface area contributed by atoms with Crippen LogP contribution >= 0.6 is 0 Å². The number of hydrogen-bond acceptors (Lipinski definition) is 4. The summed E-state index contributed by atoms with van der Waals surface area (Å²) >= 11 is 0. The van der Waals surface area contributed by atoms with Gasteiger partial charge in [-0.25, -0.2) is 4.79 Å². The molecule has 0 aliphatic carbocycles. The fraction of sp³-hybridized carbons (Fsp3) is 0.667. The lowest BCUT2D eigenvalue weighted by molar-refractivity contribution is -0.110. The van der Waals surface area contributed by atoms with Crippen molar-refractivity contribution < 1.29 is 19.1 Å². The van der Waals surface area contributed by atoms with E-state index in [0.717, 1.165) is 17.7 Å². The molecule has 0 bridgehead atoms. The number of unbranched alkanes of at least 4 members (excludes halogenated alkanes) is 1. The van der Waals surface area contributed by atoms with Gasteiger partial charge in [-0.3, -0.25) is 4.90 Å². The van der Waals surface area contributed by atoms with E-state index >= 15 is 0 Å². The molecule has 14 heavy (non-hydrogen) atoms. The zero-order valence-electron chi connectivity index (χ0n) is 8.27. The molecular formula is C9H15NO4. The van der Waals surface area contributed by atoms with E-state index in [1.54, 1.807) is 0 Å². The first-order valence-corrected chi connectivity index (χ1v) is 4.55. The number of ether oxygens (including phenoxy) is 1. The topological polar surface area (TPSA) is 63.7 Å². The molecule has 0 aromatic heterocycles. The first-order chi connectivity index (χ1) is 6.76. The Bertz CT molecular complexity index is 183. The van der Waals surface area contributed by atoms with Crippen LogP contribution in [0.15, 0.2) is 0 Å². The second kappa shape index (κ2) is 8.22. The van der Waals surface area contributed by atoms with Crippen LogP contribution in [0, 0.1) is 0 Å². The van der Waals surface area contributed by atoms with Gasteiger partial charge in [-0.05, 0) is 6.42 Å². The van der Waals surface area contributed by atoms with Gasteiger partial charge < -0.3 is 14.3 Å². The predicted octanol–water partition coefficient (Wildman–Crippen LogP) is 0.623. The molecule has 0 unspecified atom stereocenters. The molecule has 0 spiro atoms. The van der Waals surface area contributed by atoms with Crippen LogP contribution in [-0.4, -0.2) is 43.3 Å². The summed E-state index contributed by atoms with van der Waals surface area (Å²) in [6.07, 6.45) is 2.21. The maximum absolute atomic E-state index is 11.2. The molecule has 1 amide bonds. The molecule has 0 aromatic carbocycles. The van der Waals surface area contributed by atoms with Crippen LogP contribution in [0.4, 0.5) is 4.79 Å². The molecular weight excluding hydrogens is 186 g/mol. The van der Waals surface area contributed by atoms with E-state index in [4.69, 9.17) is 4.74 Å². The summed E-state index contributed by atoms with van der Waals surface area (Å²) in [5.74, 6) is 0. The van der Waals surface area contributed by atoms with E-state index in [9.17, 15) is 14.4 Å². The molecule has 0 N–H and O–H groups in total. The normalized spacial score (nSPS) is 9.21. The third-order valence-electron chi connectivity index (χ3n) is 1.57. The Balaban J connectivity index is 3.87. The van der Waals surface area contributed by atoms with Crippen molar-refractivity contribution in [2.45, 2.75) is 19.8 Å². The van der Waals surface area contributed by atoms with Crippen molar-refractivity contribution in [2.24, 2.45) is 0 Å². The minimum atomic E-state index is -0.613. The van der Waals surface area contributed by atoms with Crippen molar-refractivity contribution in [2.75, 3.05) is 19.7 Å². The second-order valence-corrected chi connectivity index (χ2v) is 2.71. The Kier molecular flexibility index (Phi) is 7.40. The van der Waals surface area contributed by atoms with E-state index in [0.29, 0.717) is 19.2 Å². The average molecular weight is 201 g/mol. The highest BCUT2D eigenvalue weighted by Crippen LogP contribution is 1.94. The summed E-state index contributed by atoms with van der Waals surface area (Å²) in [6, 6.07) is 0. The molecule has 0 atom stereocenters. The zero-order valence-corrected chi connectivity index (χ0v) is 8.27. The number of nitrogens with zero attached hydrogens (tertiary/aromatic N) is 1. The Morgan fingerprint density at radius 3 is 2.29 bits per heavy atom. The minimum Gasteiger partial charge on any atom is -0.449 e. The molecule has 5 nitrogen and oxygen atoms in total. The summed E-state index contributed by atoms with van der Waals surface area (Å²) in [4.78, 5) is 32.6. The molecule has 0 rings (SSSR count). The van der Waals surface area contributed by atoms with Crippen molar-refractivity contribution in [3.05, 3.63) is 0 Å². The van der Waals surface area contributed by atoms with Gasteiger partial charge in [0, 0.05) is 0 Å². The molecule has 0 aromatic rings. The Hall–Kier alpha value is -1.39. The molecule has 0 radical (unpaired) electrons. The van der Waals surface area contributed by atoms with Crippen LogP contribution in [0.5, 0.6) is 0 Å². The Morgan fingerprint density at radius 2 is 1.86 bits per heavy atom. The first-order valence-electron chi connectivity index (χ1n) is 4.55. The van der Waals surface area contributed by atoms with Gasteiger partial charge in [0.25, 0.3) is 0 Å². The monoisotopic (exact) mass is 201 g/mol. The smallest absolute Gasteiger partial charge is 0.410 e. The van der Waals surface area contributed by atoms with E-state index in [-0.39, 0.29) is 13.1 Å². The molecule has 0 fully saturated rings. The summed E-state index contributed by atoms with van der Waals surface area (Å²) in [7, 11) is 0. The van der Waals surface area contributed by atoms with Crippen LogP contribution in [0.2, 0.25) is 0 Å². The molecule has 0 aliphatic heterocycles. The lowest BCUT2D eigenvalue weighted by Gasteiger charge is -2.16. The first kappa shape index (κ1) is 12.6. The number of aldehydes is 2. The third-order valence-corrected chi connectivity index (χ3v) is 1.57. The second-order valence-electron chi connectivity index (χ2n) is 2.71. The van der Waals surface area contributed by atoms with Crippen LogP contribution in [0.25, 0.3) is 0 Å².